The number of nitrogens with zero attached hydrogens (tertiary/aromatic N) is 1. The minimum absolute atomic E-state index is 0.893. The third-order valence-corrected chi connectivity index (χ3v) is 2.67. The molecule has 1 fully saturated rings. The van der Waals surface area contributed by atoms with E-state index in [9.17, 15) is 0 Å². The van der Waals surface area contributed by atoms with Gasteiger partial charge in [-0.1, -0.05) is 29.8 Å². The van der Waals surface area contributed by atoms with Gasteiger partial charge in [0, 0.05) is 11.6 Å². The SMILES string of the molecule is Clc1ccccc1CN1CCC1. The normalized spacial score (nSPS) is 17.4. The van der Waals surface area contributed by atoms with Crippen LogP contribution in [0.5, 0.6) is 0 Å². The maximum atomic E-state index is 6.02. The molecule has 1 aromatic rings. The molecule has 0 spiro atoms. The van der Waals surface area contributed by atoms with Crippen molar-refractivity contribution < 1.29 is 0 Å². The quantitative estimate of drug-likeness (QED) is 0.678. The molecule has 12 heavy (non-hydrogen) atoms. The summed E-state index contributed by atoms with van der Waals surface area (Å²) < 4.78 is 0. The number of likely N-dealkylation sites (tertiary alicyclic amines) is 1. The first-order valence-corrected chi connectivity index (χ1v) is 4.70. The Morgan fingerprint density at radius 1 is 1.25 bits per heavy atom. The number of halogens is 1. The van der Waals surface area contributed by atoms with Gasteiger partial charge >= 0.3 is 0 Å². The van der Waals surface area contributed by atoms with Crippen molar-refractivity contribution in [2.45, 2.75) is 13.0 Å². The summed E-state index contributed by atoms with van der Waals surface area (Å²) in [5, 5.41) is 0.893. The minimum atomic E-state index is 0.893. The molecule has 1 aliphatic rings. The van der Waals surface area contributed by atoms with Crippen molar-refractivity contribution in [2.75, 3.05) is 13.1 Å². The second kappa shape index (κ2) is 3.46. The zero-order valence-electron chi connectivity index (χ0n) is 6.96. The fourth-order valence-corrected chi connectivity index (χ4v) is 1.60. The lowest BCUT2D eigenvalue weighted by molar-refractivity contribution is 0.172. The second-order valence-electron chi connectivity index (χ2n) is 3.22. The lowest BCUT2D eigenvalue weighted by Crippen LogP contribution is -2.36. The van der Waals surface area contributed by atoms with Crippen molar-refractivity contribution in [1.82, 2.24) is 4.90 Å². The molecule has 64 valence electrons. The average Bonchev–Trinajstić information content (AvgIpc) is 2.00. The number of hydrogen-bond acceptors (Lipinski definition) is 1. The molecule has 1 heterocycles. The molecular weight excluding hydrogens is 170 g/mol. The van der Waals surface area contributed by atoms with Crippen LogP contribution in [0.15, 0.2) is 24.3 Å². The van der Waals surface area contributed by atoms with Crippen LogP contribution in [0.2, 0.25) is 5.02 Å². The maximum absolute atomic E-state index is 6.02. The number of rotatable bonds is 2. The van der Waals surface area contributed by atoms with Crippen LogP contribution in [-0.2, 0) is 6.54 Å². The van der Waals surface area contributed by atoms with Gasteiger partial charge in [0.15, 0.2) is 0 Å². The molecule has 1 aromatic carbocycles. The average molecular weight is 182 g/mol. The van der Waals surface area contributed by atoms with Crippen molar-refractivity contribution in [3.8, 4) is 0 Å². The van der Waals surface area contributed by atoms with Crippen molar-refractivity contribution in [3.63, 3.8) is 0 Å². The Morgan fingerprint density at radius 2 is 2.00 bits per heavy atom. The van der Waals surface area contributed by atoms with Crippen LogP contribution in [0.3, 0.4) is 0 Å². The van der Waals surface area contributed by atoms with Gasteiger partial charge in [-0.2, -0.15) is 0 Å². The molecule has 1 aliphatic heterocycles. The van der Waals surface area contributed by atoms with Crippen LogP contribution in [0.25, 0.3) is 0 Å². The molecule has 0 aromatic heterocycles. The van der Waals surface area contributed by atoms with Crippen LogP contribution in [-0.4, -0.2) is 18.0 Å². The summed E-state index contributed by atoms with van der Waals surface area (Å²) in [7, 11) is 0. The van der Waals surface area contributed by atoms with Crippen molar-refractivity contribution in [3.05, 3.63) is 34.9 Å². The summed E-state index contributed by atoms with van der Waals surface area (Å²) in [5.41, 5.74) is 1.25. The van der Waals surface area contributed by atoms with Gasteiger partial charge in [-0.3, -0.25) is 4.90 Å². The lowest BCUT2D eigenvalue weighted by Gasteiger charge is -2.30. The molecule has 1 saturated heterocycles. The predicted octanol–water partition coefficient (Wildman–Crippen LogP) is 2.55. The molecule has 0 unspecified atom stereocenters. The molecule has 2 heteroatoms. The van der Waals surface area contributed by atoms with Gasteiger partial charge in [0.05, 0.1) is 0 Å². The summed E-state index contributed by atoms with van der Waals surface area (Å²) in [6.07, 6.45) is 1.34. The lowest BCUT2D eigenvalue weighted by atomic mass is 10.1. The van der Waals surface area contributed by atoms with E-state index < -0.39 is 0 Å². The summed E-state index contributed by atoms with van der Waals surface area (Å²) in [4.78, 5) is 2.40. The van der Waals surface area contributed by atoms with E-state index >= 15 is 0 Å². The standard InChI is InChI=1S/C10H12ClN/c11-10-5-2-1-4-9(10)8-12-6-3-7-12/h1-2,4-5H,3,6-8H2. The highest BCUT2D eigenvalue weighted by Crippen LogP contribution is 2.19. The van der Waals surface area contributed by atoms with Gasteiger partial charge in [-0.25, -0.2) is 0 Å². The van der Waals surface area contributed by atoms with E-state index in [4.69, 9.17) is 11.6 Å². The van der Waals surface area contributed by atoms with Gasteiger partial charge in [0.2, 0.25) is 0 Å². The van der Waals surface area contributed by atoms with E-state index in [-0.39, 0.29) is 0 Å². The van der Waals surface area contributed by atoms with Crippen LogP contribution < -0.4 is 0 Å². The fourth-order valence-electron chi connectivity index (χ4n) is 1.41. The topological polar surface area (TPSA) is 3.24 Å². The smallest absolute Gasteiger partial charge is 0.0451 e. The van der Waals surface area contributed by atoms with Crippen LogP contribution >= 0.6 is 11.6 Å². The molecule has 0 N–H and O–H groups in total. The summed E-state index contributed by atoms with van der Waals surface area (Å²) in [6.45, 7) is 3.47. The summed E-state index contributed by atoms with van der Waals surface area (Å²) in [5.74, 6) is 0. The van der Waals surface area contributed by atoms with Gasteiger partial charge < -0.3 is 0 Å². The fraction of sp³-hybridized carbons (Fsp3) is 0.400. The Hall–Kier alpha value is -0.530. The molecule has 0 aliphatic carbocycles. The minimum Gasteiger partial charge on any atom is -0.299 e. The predicted molar refractivity (Wildman–Crippen MR) is 51.3 cm³/mol. The third kappa shape index (κ3) is 1.62. The first kappa shape index (κ1) is 8.09. The van der Waals surface area contributed by atoms with Crippen molar-refractivity contribution in [1.29, 1.82) is 0 Å². The largest absolute Gasteiger partial charge is 0.299 e. The van der Waals surface area contributed by atoms with Crippen molar-refractivity contribution >= 4 is 11.6 Å². The molecule has 2 rings (SSSR count). The maximum Gasteiger partial charge on any atom is 0.0451 e. The number of hydrogen-bond donors (Lipinski definition) is 0. The highest BCUT2D eigenvalue weighted by Gasteiger charge is 2.14. The number of benzene rings is 1. The molecule has 0 atom stereocenters. The van der Waals surface area contributed by atoms with Crippen LogP contribution in [0, 0.1) is 0 Å². The van der Waals surface area contributed by atoms with Crippen LogP contribution in [0.1, 0.15) is 12.0 Å². The highest BCUT2D eigenvalue weighted by atomic mass is 35.5. The Bertz CT molecular complexity index is 268. The Labute approximate surface area is 77.9 Å². The molecule has 0 amide bonds. The zero-order valence-corrected chi connectivity index (χ0v) is 7.72. The molecule has 1 nitrogen and oxygen atoms in total. The molecule has 0 saturated carbocycles. The van der Waals surface area contributed by atoms with Crippen molar-refractivity contribution in [2.24, 2.45) is 0 Å². The first-order valence-electron chi connectivity index (χ1n) is 4.32. The van der Waals surface area contributed by atoms with Gasteiger partial charge in [0.1, 0.15) is 0 Å². The van der Waals surface area contributed by atoms with E-state index in [2.05, 4.69) is 11.0 Å². The first-order chi connectivity index (χ1) is 5.86. The Kier molecular flexibility index (Phi) is 2.33. The van der Waals surface area contributed by atoms with E-state index in [0.29, 0.717) is 0 Å². The zero-order chi connectivity index (χ0) is 8.39. The van der Waals surface area contributed by atoms with E-state index in [1.807, 2.05) is 18.2 Å². The molecule has 0 radical (unpaired) electrons. The summed E-state index contributed by atoms with van der Waals surface area (Å²) >= 11 is 6.02. The monoisotopic (exact) mass is 181 g/mol. The van der Waals surface area contributed by atoms with Gasteiger partial charge in [0.25, 0.3) is 0 Å². The second-order valence-corrected chi connectivity index (χ2v) is 3.63. The van der Waals surface area contributed by atoms with Gasteiger partial charge in [-0.15, -0.1) is 0 Å². The molecule has 0 bridgehead atoms. The van der Waals surface area contributed by atoms with Crippen LogP contribution in [0.4, 0.5) is 0 Å². The van der Waals surface area contributed by atoms with E-state index in [1.54, 1.807) is 0 Å². The molecular formula is C10H12ClN. The third-order valence-electron chi connectivity index (χ3n) is 2.30. The van der Waals surface area contributed by atoms with Gasteiger partial charge in [-0.05, 0) is 31.1 Å². The summed E-state index contributed by atoms with van der Waals surface area (Å²) in [6, 6.07) is 8.07. The Balaban J connectivity index is 2.06. The highest BCUT2D eigenvalue weighted by molar-refractivity contribution is 6.31. The van der Waals surface area contributed by atoms with E-state index in [0.717, 1.165) is 11.6 Å². The van der Waals surface area contributed by atoms with E-state index in [1.165, 1.54) is 25.1 Å². The Morgan fingerprint density at radius 3 is 2.58 bits per heavy atom.